The van der Waals surface area contributed by atoms with E-state index in [2.05, 4.69) is 41.5 Å². The Morgan fingerprint density at radius 1 is 1.20 bits per heavy atom. The first kappa shape index (κ1) is 14.9. The minimum absolute atomic E-state index is 0.106. The summed E-state index contributed by atoms with van der Waals surface area (Å²) in [6.45, 7) is 13.2. The Balaban J connectivity index is 4.01. The molecular formula is C13H28O2. The van der Waals surface area contributed by atoms with Gasteiger partial charge in [0.25, 0.3) is 0 Å². The van der Waals surface area contributed by atoms with Crippen molar-refractivity contribution in [3.8, 4) is 0 Å². The van der Waals surface area contributed by atoms with Crippen LogP contribution in [0.5, 0.6) is 0 Å². The summed E-state index contributed by atoms with van der Waals surface area (Å²) in [7, 11) is 0. The van der Waals surface area contributed by atoms with Gasteiger partial charge in [-0.3, -0.25) is 0 Å². The molecule has 1 N–H and O–H groups in total. The van der Waals surface area contributed by atoms with Crippen molar-refractivity contribution < 1.29 is 9.84 Å². The molecule has 2 unspecified atom stereocenters. The molecule has 2 atom stereocenters. The Bertz CT molecular complexity index is 158. The van der Waals surface area contributed by atoms with E-state index in [1.165, 1.54) is 0 Å². The number of rotatable bonds is 6. The van der Waals surface area contributed by atoms with Gasteiger partial charge in [-0.15, -0.1) is 0 Å². The van der Waals surface area contributed by atoms with Crippen molar-refractivity contribution in [1.82, 2.24) is 0 Å². The zero-order valence-electron chi connectivity index (χ0n) is 11.2. The van der Waals surface area contributed by atoms with Gasteiger partial charge < -0.3 is 9.84 Å². The average Bonchev–Trinajstić information content (AvgIpc) is 2.01. The largest absolute Gasteiger partial charge is 0.393 e. The van der Waals surface area contributed by atoms with Gasteiger partial charge in [-0.05, 0) is 39.5 Å². The minimum atomic E-state index is -0.225. The summed E-state index contributed by atoms with van der Waals surface area (Å²) in [5.41, 5.74) is -0.106. The van der Waals surface area contributed by atoms with Crippen LogP contribution in [-0.2, 0) is 4.74 Å². The molecule has 0 amide bonds. The zero-order valence-corrected chi connectivity index (χ0v) is 11.2. The van der Waals surface area contributed by atoms with Crippen LogP contribution < -0.4 is 0 Å². The topological polar surface area (TPSA) is 29.5 Å². The quantitative estimate of drug-likeness (QED) is 0.738. The van der Waals surface area contributed by atoms with Crippen LogP contribution in [0.2, 0.25) is 0 Å². The molecule has 0 aliphatic carbocycles. The molecule has 0 bridgehead atoms. The molecule has 0 aromatic rings. The Morgan fingerprint density at radius 3 is 2.07 bits per heavy atom. The van der Waals surface area contributed by atoms with Crippen LogP contribution in [0.25, 0.3) is 0 Å². The van der Waals surface area contributed by atoms with Crippen LogP contribution in [0.1, 0.15) is 54.4 Å². The Labute approximate surface area is 95.0 Å². The fourth-order valence-corrected chi connectivity index (χ4v) is 1.53. The summed E-state index contributed by atoms with van der Waals surface area (Å²) >= 11 is 0. The Hall–Kier alpha value is -0.0800. The van der Waals surface area contributed by atoms with Gasteiger partial charge >= 0.3 is 0 Å². The summed E-state index contributed by atoms with van der Waals surface area (Å²) < 4.78 is 5.73. The van der Waals surface area contributed by atoms with Crippen LogP contribution in [0.15, 0.2) is 0 Å². The van der Waals surface area contributed by atoms with Crippen molar-refractivity contribution in [2.45, 2.75) is 66.1 Å². The second kappa shape index (κ2) is 6.49. The minimum Gasteiger partial charge on any atom is -0.393 e. The number of aliphatic hydroxyl groups excluding tert-OH is 1. The van der Waals surface area contributed by atoms with Crippen LogP contribution in [0.3, 0.4) is 0 Å². The summed E-state index contributed by atoms with van der Waals surface area (Å²) in [5.74, 6) is 0.815. The Kier molecular flexibility index (Phi) is 6.46. The maximum Gasteiger partial charge on any atom is 0.0598 e. The third-order valence-corrected chi connectivity index (χ3v) is 2.51. The van der Waals surface area contributed by atoms with Gasteiger partial charge in [0, 0.05) is 5.92 Å². The summed E-state index contributed by atoms with van der Waals surface area (Å²) in [4.78, 5) is 0. The molecule has 0 rings (SSSR count). The van der Waals surface area contributed by atoms with Crippen molar-refractivity contribution >= 4 is 0 Å². The van der Waals surface area contributed by atoms with E-state index < -0.39 is 0 Å². The molecule has 0 radical (unpaired) electrons. The molecule has 2 heteroatoms. The standard InChI is InChI=1S/C13H28O2/c1-7-11(9-15-13(4,5)6)12(14)8-10(2)3/h10-12,14H,7-9H2,1-6H3. The van der Waals surface area contributed by atoms with Gasteiger partial charge in [-0.2, -0.15) is 0 Å². The molecule has 0 aliphatic rings. The second-order valence-electron chi connectivity index (χ2n) is 5.79. The Morgan fingerprint density at radius 2 is 1.73 bits per heavy atom. The lowest BCUT2D eigenvalue weighted by Crippen LogP contribution is -2.30. The number of ether oxygens (including phenoxy) is 1. The van der Waals surface area contributed by atoms with Gasteiger partial charge in [-0.25, -0.2) is 0 Å². The van der Waals surface area contributed by atoms with Crippen LogP contribution >= 0.6 is 0 Å². The summed E-state index contributed by atoms with van der Waals surface area (Å²) in [6, 6.07) is 0. The molecule has 0 saturated carbocycles. The number of aliphatic hydroxyl groups is 1. The van der Waals surface area contributed by atoms with E-state index in [0.717, 1.165) is 12.8 Å². The SMILES string of the molecule is CCC(COC(C)(C)C)C(O)CC(C)C. The van der Waals surface area contributed by atoms with E-state index >= 15 is 0 Å². The highest BCUT2D eigenvalue weighted by Gasteiger charge is 2.21. The fourth-order valence-electron chi connectivity index (χ4n) is 1.53. The first-order chi connectivity index (χ1) is 6.76. The van der Waals surface area contributed by atoms with E-state index in [1.807, 2.05) is 0 Å². The van der Waals surface area contributed by atoms with Crippen LogP contribution in [0, 0.1) is 11.8 Å². The first-order valence-electron chi connectivity index (χ1n) is 6.08. The molecular weight excluding hydrogens is 188 g/mol. The molecule has 15 heavy (non-hydrogen) atoms. The van der Waals surface area contributed by atoms with E-state index in [9.17, 15) is 5.11 Å². The lowest BCUT2D eigenvalue weighted by Gasteiger charge is -2.27. The maximum absolute atomic E-state index is 10.00. The average molecular weight is 216 g/mol. The van der Waals surface area contributed by atoms with Gasteiger partial charge in [0.2, 0.25) is 0 Å². The van der Waals surface area contributed by atoms with Crippen molar-refractivity contribution in [2.24, 2.45) is 11.8 Å². The van der Waals surface area contributed by atoms with Crippen LogP contribution in [0.4, 0.5) is 0 Å². The normalized spacial score (nSPS) is 16.8. The monoisotopic (exact) mass is 216 g/mol. The van der Waals surface area contributed by atoms with Gasteiger partial charge in [-0.1, -0.05) is 20.8 Å². The molecule has 0 heterocycles. The fraction of sp³-hybridized carbons (Fsp3) is 1.00. The van der Waals surface area contributed by atoms with Crippen molar-refractivity contribution in [1.29, 1.82) is 0 Å². The van der Waals surface area contributed by atoms with Gasteiger partial charge in [0.1, 0.15) is 0 Å². The molecule has 2 nitrogen and oxygen atoms in total. The van der Waals surface area contributed by atoms with Crippen molar-refractivity contribution in [3.63, 3.8) is 0 Å². The highest BCUT2D eigenvalue weighted by molar-refractivity contribution is 4.70. The maximum atomic E-state index is 10.00. The molecule has 0 aliphatic heterocycles. The molecule has 92 valence electrons. The van der Waals surface area contributed by atoms with Gasteiger partial charge in [0.05, 0.1) is 18.3 Å². The van der Waals surface area contributed by atoms with Crippen molar-refractivity contribution in [3.05, 3.63) is 0 Å². The third-order valence-electron chi connectivity index (χ3n) is 2.51. The van der Waals surface area contributed by atoms with E-state index in [1.54, 1.807) is 0 Å². The first-order valence-corrected chi connectivity index (χ1v) is 6.08. The predicted octanol–water partition coefficient (Wildman–Crippen LogP) is 3.23. The lowest BCUT2D eigenvalue weighted by atomic mass is 9.93. The molecule has 0 fully saturated rings. The smallest absolute Gasteiger partial charge is 0.0598 e. The summed E-state index contributed by atoms with van der Waals surface area (Å²) in [6.07, 6.45) is 1.62. The highest BCUT2D eigenvalue weighted by atomic mass is 16.5. The number of hydrogen-bond acceptors (Lipinski definition) is 2. The van der Waals surface area contributed by atoms with E-state index in [-0.39, 0.29) is 17.6 Å². The molecule has 0 saturated heterocycles. The van der Waals surface area contributed by atoms with Crippen molar-refractivity contribution in [2.75, 3.05) is 6.61 Å². The number of hydrogen-bond donors (Lipinski definition) is 1. The van der Waals surface area contributed by atoms with Gasteiger partial charge in [0.15, 0.2) is 0 Å². The van der Waals surface area contributed by atoms with Crippen LogP contribution in [-0.4, -0.2) is 23.4 Å². The predicted molar refractivity (Wildman–Crippen MR) is 64.9 cm³/mol. The highest BCUT2D eigenvalue weighted by Crippen LogP contribution is 2.19. The lowest BCUT2D eigenvalue weighted by molar-refractivity contribution is -0.0519. The molecule has 0 aromatic carbocycles. The van der Waals surface area contributed by atoms with E-state index in [4.69, 9.17) is 4.74 Å². The van der Waals surface area contributed by atoms with E-state index in [0.29, 0.717) is 12.5 Å². The third kappa shape index (κ3) is 7.80. The zero-order chi connectivity index (χ0) is 12.1. The molecule has 0 spiro atoms. The second-order valence-corrected chi connectivity index (χ2v) is 5.79. The summed E-state index contributed by atoms with van der Waals surface area (Å²) in [5, 5.41) is 10.00. The molecule has 0 aromatic heterocycles.